The Hall–Kier alpha value is -3.41. The number of nitrogens with zero attached hydrogens (tertiary/aromatic N) is 1. The number of methoxy groups -OCH3 is 1. The minimum Gasteiger partial charge on any atom is -0.497 e. The van der Waals surface area contributed by atoms with E-state index >= 15 is 0 Å². The van der Waals surface area contributed by atoms with Crippen molar-refractivity contribution in [2.45, 2.75) is 6.92 Å². The lowest BCUT2D eigenvalue weighted by molar-refractivity contribution is -0.114. The van der Waals surface area contributed by atoms with E-state index in [1.807, 2.05) is 12.1 Å². The number of ether oxygens (including phenoxy) is 1. The fourth-order valence-corrected chi connectivity index (χ4v) is 3.04. The molecule has 2 aromatic carbocycles. The second-order valence-electron chi connectivity index (χ2n) is 5.70. The summed E-state index contributed by atoms with van der Waals surface area (Å²) in [6.07, 6.45) is 0. The number of benzene rings is 2. The lowest BCUT2D eigenvalue weighted by atomic mass is 10.0. The predicted molar refractivity (Wildman–Crippen MR) is 91.7 cm³/mol. The van der Waals surface area contributed by atoms with E-state index in [0.717, 1.165) is 5.56 Å². The average Bonchev–Trinajstić information content (AvgIpc) is 3.16. The molecule has 0 spiro atoms. The van der Waals surface area contributed by atoms with E-state index in [2.05, 4.69) is 10.5 Å². The lowest BCUT2D eigenvalue weighted by Gasteiger charge is -2.07. The molecular weight excluding hydrogens is 320 g/mol. The number of anilines is 1. The zero-order valence-electron chi connectivity index (χ0n) is 13.6. The molecule has 0 unspecified atom stereocenters. The highest BCUT2D eigenvalue weighted by atomic mass is 16.5. The van der Waals surface area contributed by atoms with Gasteiger partial charge < -0.3 is 14.6 Å². The zero-order chi connectivity index (χ0) is 17.6. The first kappa shape index (κ1) is 15.1. The van der Waals surface area contributed by atoms with Gasteiger partial charge in [-0.2, -0.15) is 0 Å². The summed E-state index contributed by atoms with van der Waals surface area (Å²) in [5.41, 5.74) is 3.20. The number of carbonyl (C=O) groups is 2. The van der Waals surface area contributed by atoms with Crippen LogP contribution in [0, 0.1) is 0 Å². The van der Waals surface area contributed by atoms with Crippen molar-refractivity contribution in [3.63, 3.8) is 0 Å². The maximum atomic E-state index is 13.0. The Kier molecular flexibility index (Phi) is 3.39. The summed E-state index contributed by atoms with van der Waals surface area (Å²) >= 11 is 0. The molecule has 25 heavy (non-hydrogen) atoms. The summed E-state index contributed by atoms with van der Waals surface area (Å²) < 4.78 is 10.6. The third-order valence-electron chi connectivity index (χ3n) is 4.13. The number of aromatic nitrogens is 1. The number of amides is 1. The molecule has 0 fully saturated rings. The van der Waals surface area contributed by atoms with Gasteiger partial charge in [-0.25, -0.2) is 0 Å². The van der Waals surface area contributed by atoms with Gasteiger partial charge in [-0.1, -0.05) is 17.3 Å². The minimum atomic E-state index is -0.238. The van der Waals surface area contributed by atoms with Gasteiger partial charge in [0.15, 0.2) is 5.76 Å². The molecule has 0 aliphatic heterocycles. The molecule has 1 N–H and O–H groups in total. The van der Waals surface area contributed by atoms with Gasteiger partial charge in [0.1, 0.15) is 11.4 Å². The molecular formula is C19H14N2O4. The third kappa shape index (κ3) is 2.30. The number of carbonyl (C=O) groups excluding carboxylic acids is 2. The van der Waals surface area contributed by atoms with Gasteiger partial charge in [0.25, 0.3) is 0 Å². The highest BCUT2D eigenvalue weighted by Crippen LogP contribution is 2.44. The second kappa shape index (κ2) is 5.59. The van der Waals surface area contributed by atoms with Crippen LogP contribution >= 0.6 is 0 Å². The molecule has 0 atom stereocenters. The van der Waals surface area contributed by atoms with E-state index in [1.54, 1.807) is 37.4 Å². The smallest absolute Gasteiger partial charge is 0.221 e. The first-order valence-corrected chi connectivity index (χ1v) is 7.70. The normalized spacial score (nSPS) is 11.8. The van der Waals surface area contributed by atoms with Gasteiger partial charge in [0.05, 0.1) is 23.9 Å². The number of fused-ring (bicyclic) bond motifs is 3. The molecule has 1 heterocycles. The van der Waals surface area contributed by atoms with E-state index in [9.17, 15) is 9.59 Å². The van der Waals surface area contributed by atoms with Crippen molar-refractivity contribution >= 4 is 17.4 Å². The molecule has 0 bridgehead atoms. The molecule has 3 aromatic rings. The minimum absolute atomic E-state index is 0.207. The summed E-state index contributed by atoms with van der Waals surface area (Å²) in [6, 6.07) is 12.5. The van der Waals surface area contributed by atoms with Gasteiger partial charge >= 0.3 is 0 Å². The summed E-state index contributed by atoms with van der Waals surface area (Å²) in [7, 11) is 1.59. The maximum absolute atomic E-state index is 13.0. The Morgan fingerprint density at radius 1 is 1.12 bits per heavy atom. The van der Waals surface area contributed by atoms with Gasteiger partial charge in [-0.15, -0.1) is 0 Å². The Bertz CT molecular complexity index is 1000. The predicted octanol–water partition coefficient (Wildman–Crippen LogP) is 3.52. The Morgan fingerprint density at radius 2 is 1.88 bits per heavy atom. The second-order valence-corrected chi connectivity index (χ2v) is 5.70. The Balaban J connectivity index is 1.84. The molecule has 0 saturated heterocycles. The molecule has 4 rings (SSSR count). The summed E-state index contributed by atoms with van der Waals surface area (Å²) in [6.45, 7) is 1.40. The van der Waals surface area contributed by atoms with Crippen LogP contribution in [-0.4, -0.2) is 24.0 Å². The monoisotopic (exact) mass is 334 g/mol. The molecule has 6 heteroatoms. The van der Waals surface area contributed by atoms with E-state index in [1.165, 1.54) is 6.92 Å². The fourth-order valence-electron chi connectivity index (χ4n) is 3.04. The van der Waals surface area contributed by atoms with Crippen LogP contribution in [0.3, 0.4) is 0 Å². The molecule has 0 radical (unpaired) electrons. The Labute approximate surface area is 143 Å². The van der Waals surface area contributed by atoms with Crippen molar-refractivity contribution in [1.82, 2.24) is 5.16 Å². The largest absolute Gasteiger partial charge is 0.497 e. The van der Waals surface area contributed by atoms with E-state index in [0.29, 0.717) is 39.6 Å². The van der Waals surface area contributed by atoms with Crippen LogP contribution in [0.5, 0.6) is 5.75 Å². The maximum Gasteiger partial charge on any atom is 0.221 e. The summed E-state index contributed by atoms with van der Waals surface area (Å²) in [4.78, 5) is 24.4. The lowest BCUT2D eigenvalue weighted by Crippen LogP contribution is -2.10. The first-order chi connectivity index (χ1) is 12.1. The highest BCUT2D eigenvalue weighted by Gasteiger charge is 2.36. The third-order valence-corrected chi connectivity index (χ3v) is 4.13. The molecule has 6 nitrogen and oxygen atoms in total. The van der Waals surface area contributed by atoms with Crippen molar-refractivity contribution in [2.75, 3.05) is 12.4 Å². The van der Waals surface area contributed by atoms with Crippen molar-refractivity contribution in [3.05, 3.63) is 53.6 Å². The van der Waals surface area contributed by atoms with Crippen LogP contribution in [0.1, 0.15) is 22.8 Å². The van der Waals surface area contributed by atoms with Gasteiger partial charge in [-0.3, -0.25) is 9.59 Å². The number of rotatable bonds is 3. The van der Waals surface area contributed by atoms with Crippen LogP contribution in [0.15, 0.2) is 47.0 Å². The van der Waals surface area contributed by atoms with Crippen molar-refractivity contribution < 1.29 is 18.8 Å². The van der Waals surface area contributed by atoms with Crippen molar-refractivity contribution in [2.24, 2.45) is 0 Å². The van der Waals surface area contributed by atoms with Crippen LogP contribution in [-0.2, 0) is 4.79 Å². The fraction of sp³-hybridized carbons (Fsp3) is 0.105. The van der Waals surface area contributed by atoms with Crippen LogP contribution in [0.4, 0.5) is 5.69 Å². The van der Waals surface area contributed by atoms with Crippen LogP contribution < -0.4 is 10.1 Å². The quantitative estimate of drug-likeness (QED) is 0.620. The summed E-state index contributed by atoms with van der Waals surface area (Å²) in [5, 5.41) is 6.78. The zero-order valence-corrected chi connectivity index (χ0v) is 13.6. The number of hydrogen-bond donors (Lipinski definition) is 1. The Morgan fingerprint density at radius 3 is 2.56 bits per heavy atom. The molecule has 1 aromatic heterocycles. The van der Waals surface area contributed by atoms with E-state index < -0.39 is 0 Å². The molecule has 1 aliphatic rings. The SMILES string of the molecule is COc1ccc(-c2noc3c2C(=O)c2c(NC(C)=O)cccc2-3)cc1. The van der Waals surface area contributed by atoms with Crippen LogP contribution in [0.2, 0.25) is 0 Å². The van der Waals surface area contributed by atoms with Crippen LogP contribution in [0.25, 0.3) is 22.6 Å². The number of ketones is 1. The standard InChI is InChI=1S/C19H14N2O4/c1-10(22)20-14-5-3-4-13-15(14)18(23)16-17(21-25-19(13)16)11-6-8-12(24-2)9-7-11/h3-9H,1-2H3,(H,20,22). The van der Waals surface area contributed by atoms with Gasteiger partial charge in [0.2, 0.25) is 11.7 Å². The van der Waals surface area contributed by atoms with Crippen molar-refractivity contribution in [3.8, 4) is 28.3 Å². The van der Waals surface area contributed by atoms with E-state index in [-0.39, 0.29) is 11.7 Å². The van der Waals surface area contributed by atoms with Crippen molar-refractivity contribution in [1.29, 1.82) is 0 Å². The topological polar surface area (TPSA) is 81.4 Å². The molecule has 1 aliphatic carbocycles. The first-order valence-electron chi connectivity index (χ1n) is 7.70. The molecule has 124 valence electrons. The average molecular weight is 334 g/mol. The highest BCUT2D eigenvalue weighted by molar-refractivity contribution is 6.26. The van der Waals surface area contributed by atoms with E-state index in [4.69, 9.17) is 9.26 Å². The van der Waals surface area contributed by atoms with Gasteiger partial charge in [-0.05, 0) is 30.3 Å². The molecule has 0 saturated carbocycles. The molecule has 1 amide bonds. The van der Waals surface area contributed by atoms with Gasteiger partial charge in [0, 0.05) is 18.1 Å². The summed E-state index contributed by atoms with van der Waals surface area (Å²) in [5.74, 6) is 0.698. The number of nitrogens with one attached hydrogen (secondary N) is 1. The number of hydrogen-bond acceptors (Lipinski definition) is 5.